The molecule has 0 aromatic heterocycles. The van der Waals surface area contributed by atoms with Crippen molar-refractivity contribution in [1.82, 2.24) is 0 Å². The van der Waals surface area contributed by atoms with Crippen molar-refractivity contribution in [3.63, 3.8) is 0 Å². The number of carbonyl (C=O) groups is 1. The highest BCUT2D eigenvalue weighted by Crippen LogP contribution is 2.20. The number of rotatable bonds is 6. The molecule has 19 heavy (non-hydrogen) atoms. The summed E-state index contributed by atoms with van der Waals surface area (Å²) in [5.74, 6) is 0.530. The molecule has 0 bridgehead atoms. The largest absolute Gasteiger partial charge is 0.462 e. The molecule has 0 amide bonds. The molecule has 0 spiro atoms. The van der Waals surface area contributed by atoms with Gasteiger partial charge in [0.25, 0.3) is 0 Å². The summed E-state index contributed by atoms with van der Waals surface area (Å²) in [7, 11) is 0. The van der Waals surface area contributed by atoms with Gasteiger partial charge in [-0.15, -0.1) is 11.8 Å². The van der Waals surface area contributed by atoms with Gasteiger partial charge in [0.05, 0.1) is 23.0 Å². The highest BCUT2D eigenvalue weighted by atomic mass is 32.2. The van der Waals surface area contributed by atoms with Crippen LogP contribution in [0.3, 0.4) is 0 Å². The molecule has 0 fully saturated rings. The minimum atomic E-state index is -0.195. The van der Waals surface area contributed by atoms with Crippen LogP contribution in [0.5, 0.6) is 0 Å². The Hall–Kier alpha value is -1.47. The maximum absolute atomic E-state index is 11.8. The molecule has 2 unspecified atom stereocenters. The minimum absolute atomic E-state index is 0.0301. The average Bonchev–Trinajstić information content (AvgIpc) is 2.44. The topological polar surface area (TPSA) is 50.1 Å². The van der Waals surface area contributed by atoms with E-state index in [1.807, 2.05) is 39.0 Å². The predicted molar refractivity (Wildman–Crippen MR) is 77.8 cm³/mol. The quantitative estimate of drug-likeness (QED) is 0.746. The van der Waals surface area contributed by atoms with Gasteiger partial charge < -0.3 is 4.74 Å². The van der Waals surface area contributed by atoms with E-state index in [1.54, 1.807) is 6.07 Å². The SMILES string of the molecule is CCC(C)OC(=O)C(C)SCc1cccc(C#N)c1. The normalized spacial score (nSPS) is 13.4. The van der Waals surface area contributed by atoms with Gasteiger partial charge in [-0.05, 0) is 38.0 Å². The van der Waals surface area contributed by atoms with E-state index in [9.17, 15) is 4.79 Å². The molecule has 3 nitrogen and oxygen atoms in total. The van der Waals surface area contributed by atoms with E-state index in [4.69, 9.17) is 10.00 Å². The summed E-state index contributed by atoms with van der Waals surface area (Å²) < 4.78 is 5.28. The Labute approximate surface area is 119 Å². The second-order valence-corrected chi connectivity index (χ2v) is 5.75. The Morgan fingerprint density at radius 1 is 1.47 bits per heavy atom. The third kappa shape index (κ3) is 5.35. The number of ether oxygens (including phenoxy) is 1. The number of hydrogen-bond donors (Lipinski definition) is 0. The first kappa shape index (κ1) is 15.6. The molecule has 0 N–H and O–H groups in total. The van der Waals surface area contributed by atoms with Gasteiger partial charge in [0, 0.05) is 5.75 Å². The molecule has 0 aliphatic heterocycles. The molecule has 0 heterocycles. The summed E-state index contributed by atoms with van der Waals surface area (Å²) in [5.41, 5.74) is 1.69. The molecule has 4 heteroatoms. The zero-order valence-corrected chi connectivity index (χ0v) is 12.4. The number of benzene rings is 1. The third-order valence-electron chi connectivity index (χ3n) is 2.78. The maximum atomic E-state index is 11.8. The van der Waals surface area contributed by atoms with Crippen molar-refractivity contribution in [2.75, 3.05) is 0 Å². The monoisotopic (exact) mass is 277 g/mol. The molecule has 0 saturated carbocycles. The fraction of sp³-hybridized carbons (Fsp3) is 0.467. The van der Waals surface area contributed by atoms with Gasteiger partial charge in [0.1, 0.15) is 0 Å². The number of nitriles is 1. The lowest BCUT2D eigenvalue weighted by molar-refractivity contribution is -0.147. The van der Waals surface area contributed by atoms with Crippen LogP contribution < -0.4 is 0 Å². The fourth-order valence-corrected chi connectivity index (χ4v) is 2.21. The van der Waals surface area contributed by atoms with Gasteiger partial charge in [-0.2, -0.15) is 5.26 Å². The van der Waals surface area contributed by atoms with Gasteiger partial charge in [-0.25, -0.2) is 0 Å². The molecule has 1 rings (SSSR count). The number of hydrogen-bond acceptors (Lipinski definition) is 4. The zero-order valence-electron chi connectivity index (χ0n) is 11.6. The Balaban J connectivity index is 2.47. The van der Waals surface area contributed by atoms with E-state index in [-0.39, 0.29) is 17.3 Å². The Morgan fingerprint density at radius 3 is 2.84 bits per heavy atom. The van der Waals surface area contributed by atoms with E-state index in [2.05, 4.69) is 6.07 Å². The summed E-state index contributed by atoms with van der Waals surface area (Å²) >= 11 is 1.53. The van der Waals surface area contributed by atoms with E-state index in [1.165, 1.54) is 11.8 Å². The summed E-state index contributed by atoms with van der Waals surface area (Å²) in [4.78, 5) is 11.8. The number of thioether (sulfide) groups is 1. The standard InChI is InChI=1S/C15H19NO2S/c1-4-11(2)18-15(17)12(3)19-10-14-7-5-6-13(8-14)9-16/h5-8,11-12H,4,10H2,1-3H3. The highest BCUT2D eigenvalue weighted by molar-refractivity contribution is 7.99. The second kappa shape index (κ2) is 7.85. The molecule has 0 radical (unpaired) electrons. The van der Waals surface area contributed by atoms with Crippen LogP contribution in [0.1, 0.15) is 38.3 Å². The molecular weight excluding hydrogens is 258 g/mol. The van der Waals surface area contributed by atoms with Gasteiger partial charge in [0.15, 0.2) is 0 Å². The molecule has 0 saturated heterocycles. The molecule has 1 aromatic rings. The summed E-state index contributed by atoms with van der Waals surface area (Å²) in [6.45, 7) is 5.73. The molecule has 0 aliphatic carbocycles. The number of esters is 1. The van der Waals surface area contributed by atoms with Gasteiger partial charge in [-0.1, -0.05) is 19.1 Å². The Kier molecular flexibility index (Phi) is 6.44. The molecule has 1 aromatic carbocycles. The van der Waals surface area contributed by atoms with E-state index in [0.717, 1.165) is 12.0 Å². The van der Waals surface area contributed by atoms with Crippen LogP contribution in [0.15, 0.2) is 24.3 Å². The van der Waals surface area contributed by atoms with Crippen molar-refractivity contribution in [2.24, 2.45) is 0 Å². The summed E-state index contributed by atoms with van der Waals surface area (Å²) in [6.07, 6.45) is 0.797. The summed E-state index contributed by atoms with van der Waals surface area (Å²) in [5, 5.41) is 8.63. The van der Waals surface area contributed by atoms with Gasteiger partial charge >= 0.3 is 5.97 Å². The minimum Gasteiger partial charge on any atom is -0.462 e. The molecule has 0 aliphatic rings. The Morgan fingerprint density at radius 2 is 2.21 bits per heavy atom. The lowest BCUT2D eigenvalue weighted by Crippen LogP contribution is -2.22. The van der Waals surface area contributed by atoms with Crippen LogP contribution in [0, 0.1) is 11.3 Å². The first-order valence-corrected chi connectivity index (χ1v) is 7.42. The van der Waals surface area contributed by atoms with Crippen molar-refractivity contribution < 1.29 is 9.53 Å². The van der Waals surface area contributed by atoms with Gasteiger partial charge in [-0.3, -0.25) is 4.79 Å². The first-order valence-electron chi connectivity index (χ1n) is 6.38. The van der Waals surface area contributed by atoms with Gasteiger partial charge in [0.2, 0.25) is 0 Å². The van der Waals surface area contributed by atoms with Crippen LogP contribution in [0.25, 0.3) is 0 Å². The lowest BCUT2D eigenvalue weighted by atomic mass is 10.2. The van der Waals surface area contributed by atoms with Crippen LogP contribution in [-0.4, -0.2) is 17.3 Å². The highest BCUT2D eigenvalue weighted by Gasteiger charge is 2.17. The fourth-order valence-electron chi connectivity index (χ4n) is 1.40. The first-order chi connectivity index (χ1) is 9.06. The van der Waals surface area contributed by atoms with Crippen molar-refractivity contribution in [3.05, 3.63) is 35.4 Å². The zero-order chi connectivity index (χ0) is 14.3. The van der Waals surface area contributed by atoms with Crippen LogP contribution in [0.2, 0.25) is 0 Å². The second-order valence-electron chi connectivity index (χ2n) is 4.42. The van der Waals surface area contributed by atoms with E-state index >= 15 is 0 Å². The lowest BCUT2D eigenvalue weighted by Gasteiger charge is -2.15. The smallest absolute Gasteiger partial charge is 0.319 e. The molecular formula is C15H19NO2S. The maximum Gasteiger partial charge on any atom is 0.319 e. The average molecular weight is 277 g/mol. The molecule has 2 atom stereocenters. The van der Waals surface area contributed by atoms with E-state index < -0.39 is 0 Å². The van der Waals surface area contributed by atoms with E-state index in [0.29, 0.717) is 11.3 Å². The Bertz CT molecular complexity index is 467. The number of carbonyl (C=O) groups excluding carboxylic acids is 1. The summed E-state index contributed by atoms with van der Waals surface area (Å²) in [6, 6.07) is 9.55. The van der Waals surface area contributed by atoms with Crippen molar-refractivity contribution in [1.29, 1.82) is 5.26 Å². The van der Waals surface area contributed by atoms with Crippen LogP contribution in [-0.2, 0) is 15.3 Å². The van der Waals surface area contributed by atoms with Crippen molar-refractivity contribution in [2.45, 2.75) is 44.3 Å². The van der Waals surface area contributed by atoms with Crippen molar-refractivity contribution in [3.8, 4) is 6.07 Å². The predicted octanol–water partition coefficient (Wildman–Crippen LogP) is 3.52. The molecule has 102 valence electrons. The number of nitrogens with zero attached hydrogens (tertiary/aromatic N) is 1. The van der Waals surface area contributed by atoms with Crippen LogP contribution in [0.4, 0.5) is 0 Å². The third-order valence-corrected chi connectivity index (χ3v) is 3.97. The van der Waals surface area contributed by atoms with Crippen molar-refractivity contribution >= 4 is 17.7 Å². The van der Waals surface area contributed by atoms with Crippen LogP contribution >= 0.6 is 11.8 Å².